The standard InChI is InChI=1S/C15H19N5O3/c1-3-20-7-10(13(18-20)14(16)21)17-15(22)12-9-6-8(2)4-5-11(9)23-19-12/h7-8H,3-6H2,1-2H3,(H2,16,21)(H,17,22). The first-order valence-corrected chi connectivity index (χ1v) is 7.65. The summed E-state index contributed by atoms with van der Waals surface area (Å²) in [5.74, 6) is 0.149. The second kappa shape index (κ2) is 5.86. The zero-order valence-corrected chi connectivity index (χ0v) is 13.1. The molecule has 0 saturated carbocycles. The number of rotatable bonds is 4. The lowest BCUT2D eigenvalue weighted by Gasteiger charge is -2.16. The quantitative estimate of drug-likeness (QED) is 0.883. The molecular weight excluding hydrogens is 298 g/mol. The Hall–Kier alpha value is -2.64. The number of primary amides is 1. The normalized spacial score (nSPS) is 16.9. The second-order valence-corrected chi connectivity index (χ2v) is 5.85. The monoisotopic (exact) mass is 317 g/mol. The van der Waals surface area contributed by atoms with Crippen LogP contribution in [0.3, 0.4) is 0 Å². The van der Waals surface area contributed by atoms with E-state index in [1.807, 2.05) is 6.92 Å². The number of nitrogens with two attached hydrogens (primary N) is 1. The molecule has 0 aromatic carbocycles. The molecule has 1 aliphatic rings. The van der Waals surface area contributed by atoms with Crippen molar-refractivity contribution in [1.82, 2.24) is 14.9 Å². The Kier molecular flexibility index (Phi) is 3.89. The van der Waals surface area contributed by atoms with Gasteiger partial charge in [-0.05, 0) is 25.7 Å². The Morgan fingerprint density at radius 3 is 2.96 bits per heavy atom. The van der Waals surface area contributed by atoms with Crippen LogP contribution in [0.15, 0.2) is 10.7 Å². The van der Waals surface area contributed by atoms with E-state index in [4.69, 9.17) is 10.3 Å². The molecule has 1 aliphatic carbocycles. The van der Waals surface area contributed by atoms with Gasteiger partial charge in [-0.25, -0.2) is 0 Å². The van der Waals surface area contributed by atoms with E-state index in [9.17, 15) is 9.59 Å². The summed E-state index contributed by atoms with van der Waals surface area (Å²) in [6.07, 6.45) is 4.15. The number of aryl methyl sites for hydroxylation is 2. The third-order valence-electron chi connectivity index (χ3n) is 4.07. The van der Waals surface area contributed by atoms with E-state index in [1.54, 1.807) is 6.20 Å². The first-order valence-electron chi connectivity index (χ1n) is 7.65. The van der Waals surface area contributed by atoms with Crippen molar-refractivity contribution in [2.75, 3.05) is 5.32 Å². The first kappa shape index (κ1) is 15.3. The molecule has 0 saturated heterocycles. The van der Waals surface area contributed by atoms with Gasteiger partial charge in [0.1, 0.15) is 5.76 Å². The molecule has 0 aliphatic heterocycles. The summed E-state index contributed by atoms with van der Waals surface area (Å²) in [6.45, 7) is 4.57. The summed E-state index contributed by atoms with van der Waals surface area (Å²) in [6, 6.07) is 0. The Bertz CT molecular complexity index is 761. The van der Waals surface area contributed by atoms with Gasteiger partial charge >= 0.3 is 0 Å². The number of nitrogens with zero attached hydrogens (tertiary/aromatic N) is 3. The van der Waals surface area contributed by atoms with Crippen LogP contribution in [0, 0.1) is 5.92 Å². The van der Waals surface area contributed by atoms with Crippen LogP contribution in [0.4, 0.5) is 5.69 Å². The second-order valence-electron chi connectivity index (χ2n) is 5.85. The van der Waals surface area contributed by atoms with E-state index >= 15 is 0 Å². The third kappa shape index (κ3) is 2.84. The van der Waals surface area contributed by atoms with Crippen LogP contribution < -0.4 is 11.1 Å². The molecule has 2 amide bonds. The number of nitrogens with one attached hydrogen (secondary N) is 1. The van der Waals surface area contributed by atoms with Gasteiger partial charge in [0.2, 0.25) is 0 Å². The fraction of sp³-hybridized carbons (Fsp3) is 0.467. The van der Waals surface area contributed by atoms with Gasteiger partial charge in [0.05, 0.1) is 5.69 Å². The molecule has 8 heteroatoms. The summed E-state index contributed by atoms with van der Waals surface area (Å²) in [5, 5.41) is 10.6. The minimum absolute atomic E-state index is 0.0333. The molecule has 1 atom stereocenters. The molecule has 0 radical (unpaired) electrons. The molecule has 0 bridgehead atoms. The highest BCUT2D eigenvalue weighted by Gasteiger charge is 2.28. The molecule has 0 spiro atoms. The van der Waals surface area contributed by atoms with Crippen molar-refractivity contribution in [3.8, 4) is 0 Å². The van der Waals surface area contributed by atoms with Gasteiger partial charge in [-0.3, -0.25) is 14.3 Å². The average Bonchev–Trinajstić information content (AvgIpc) is 3.10. The fourth-order valence-corrected chi connectivity index (χ4v) is 2.79. The van der Waals surface area contributed by atoms with Gasteiger partial charge < -0.3 is 15.6 Å². The van der Waals surface area contributed by atoms with Gasteiger partial charge in [-0.1, -0.05) is 12.1 Å². The number of aromatic nitrogens is 3. The van der Waals surface area contributed by atoms with Gasteiger partial charge in [-0.2, -0.15) is 5.10 Å². The van der Waals surface area contributed by atoms with E-state index in [0.29, 0.717) is 12.5 Å². The number of hydrogen-bond acceptors (Lipinski definition) is 5. The maximum Gasteiger partial charge on any atom is 0.278 e. The van der Waals surface area contributed by atoms with E-state index in [1.165, 1.54) is 4.68 Å². The van der Waals surface area contributed by atoms with Gasteiger partial charge in [0, 0.05) is 24.7 Å². The largest absolute Gasteiger partial charge is 0.364 e. The fourth-order valence-electron chi connectivity index (χ4n) is 2.79. The molecule has 3 N–H and O–H groups in total. The minimum Gasteiger partial charge on any atom is -0.364 e. The number of amides is 2. The van der Waals surface area contributed by atoms with E-state index in [-0.39, 0.29) is 17.1 Å². The highest BCUT2D eigenvalue weighted by molar-refractivity contribution is 6.07. The van der Waals surface area contributed by atoms with Crippen molar-refractivity contribution < 1.29 is 14.1 Å². The van der Waals surface area contributed by atoms with E-state index in [2.05, 4.69) is 22.5 Å². The third-order valence-corrected chi connectivity index (χ3v) is 4.07. The number of anilines is 1. The molecule has 122 valence electrons. The van der Waals surface area contributed by atoms with Gasteiger partial charge in [-0.15, -0.1) is 0 Å². The van der Waals surface area contributed by atoms with E-state index < -0.39 is 11.8 Å². The molecule has 0 fully saturated rings. The predicted octanol–water partition coefficient (Wildman–Crippen LogP) is 1.37. The van der Waals surface area contributed by atoms with Crippen molar-refractivity contribution in [2.24, 2.45) is 11.7 Å². The summed E-state index contributed by atoms with van der Waals surface area (Å²) >= 11 is 0. The Labute approximate surface area is 133 Å². The molecule has 3 rings (SSSR count). The Balaban J connectivity index is 1.87. The molecule has 23 heavy (non-hydrogen) atoms. The van der Waals surface area contributed by atoms with Crippen molar-refractivity contribution in [3.05, 3.63) is 28.9 Å². The maximum absolute atomic E-state index is 12.5. The van der Waals surface area contributed by atoms with Crippen molar-refractivity contribution in [3.63, 3.8) is 0 Å². The Morgan fingerprint density at radius 1 is 1.48 bits per heavy atom. The van der Waals surface area contributed by atoms with E-state index in [0.717, 1.165) is 30.6 Å². The van der Waals surface area contributed by atoms with Crippen molar-refractivity contribution >= 4 is 17.5 Å². The first-order chi connectivity index (χ1) is 11.0. The SMILES string of the molecule is CCn1cc(NC(=O)c2noc3c2CC(C)CC3)c(C(N)=O)n1. The van der Waals surface area contributed by atoms with Crippen LogP contribution >= 0.6 is 0 Å². The lowest BCUT2D eigenvalue weighted by Crippen LogP contribution is -2.20. The summed E-state index contributed by atoms with van der Waals surface area (Å²) in [5.41, 5.74) is 6.74. The average molecular weight is 317 g/mol. The van der Waals surface area contributed by atoms with Crippen LogP contribution in [-0.2, 0) is 19.4 Å². The van der Waals surface area contributed by atoms with Crippen LogP contribution in [0.2, 0.25) is 0 Å². The molecule has 1 unspecified atom stereocenters. The smallest absolute Gasteiger partial charge is 0.278 e. The molecule has 2 aromatic rings. The molecule has 2 heterocycles. The summed E-state index contributed by atoms with van der Waals surface area (Å²) in [4.78, 5) is 24.0. The molecule has 8 nitrogen and oxygen atoms in total. The lowest BCUT2D eigenvalue weighted by atomic mass is 9.88. The minimum atomic E-state index is -0.691. The summed E-state index contributed by atoms with van der Waals surface area (Å²) in [7, 11) is 0. The van der Waals surface area contributed by atoms with Crippen LogP contribution in [0.5, 0.6) is 0 Å². The molecule has 2 aromatic heterocycles. The van der Waals surface area contributed by atoms with Crippen LogP contribution in [-0.4, -0.2) is 26.8 Å². The van der Waals surface area contributed by atoms with Crippen LogP contribution in [0.25, 0.3) is 0 Å². The number of carbonyl (C=O) groups excluding carboxylic acids is 2. The van der Waals surface area contributed by atoms with Gasteiger partial charge in [0.25, 0.3) is 11.8 Å². The zero-order chi connectivity index (χ0) is 16.6. The Morgan fingerprint density at radius 2 is 2.26 bits per heavy atom. The predicted molar refractivity (Wildman–Crippen MR) is 82.1 cm³/mol. The topological polar surface area (TPSA) is 116 Å². The molecular formula is C15H19N5O3. The summed E-state index contributed by atoms with van der Waals surface area (Å²) < 4.78 is 6.81. The van der Waals surface area contributed by atoms with Gasteiger partial charge in [0.15, 0.2) is 11.4 Å². The number of hydrogen-bond donors (Lipinski definition) is 2. The van der Waals surface area contributed by atoms with Crippen molar-refractivity contribution in [2.45, 2.75) is 39.7 Å². The van der Waals surface area contributed by atoms with Crippen molar-refractivity contribution in [1.29, 1.82) is 0 Å². The zero-order valence-electron chi connectivity index (χ0n) is 13.1. The lowest BCUT2D eigenvalue weighted by molar-refractivity contribution is 0.0995. The highest BCUT2D eigenvalue weighted by Crippen LogP contribution is 2.28. The number of fused-ring (bicyclic) bond motifs is 1. The highest BCUT2D eigenvalue weighted by atomic mass is 16.5. The van der Waals surface area contributed by atoms with Crippen LogP contribution in [0.1, 0.15) is 52.6 Å². The number of carbonyl (C=O) groups is 2. The maximum atomic E-state index is 12.5.